The standard InChI is InChI=1S/C9H7O2P/c1-2-7-3-5-8(6-4-7)9(10)12-11/h2-6H,1H2/p+1. The van der Waals surface area contributed by atoms with Gasteiger partial charge in [-0.3, -0.25) is 0 Å². The molecule has 0 amide bonds. The molecule has 0 heterocycles. The minimum absolute atomic E-state index is 0.342. The minimum atomic E-state index is -0.908. The normalized spacial score (nSPS) is 9.67. The third-order valence-corrected chi connectivity index (χ3v) is 1.98. The van der Waals surface area contributed by atoms with Crippen molar-refractivity contribution >= 4 is 20.1 Å². The third-order valence-electron chi connectivity index (χ3n) is 1.50. The molecule has 0 N–H and O–H groups in total. The smallest absolute Gasteiger partial charge is 0.234 e. The summed E-state index contributed by atoms with van der Waals surface area (Å²) in [6.07, 6.45) is 1.69. The molecule has 12 heavy (non-hydrogen) atoms. The number of rotatable bonds is 3. The molecule has 1 aromatic carbocycles. The quantitative estimate of drug-likeness (QED) is 0.668. The van der Waals surface area contributed by atoms with Crippen LogP contribution in [-0.2, 0) is 4.57 Å². The van der Waals surface area contributed by atoms with Gasteiger partial charge in [-0.05, 0) is 17.7 Å². The van der Waals surface area contributed by atoms with Crippen molar-refractivity contribution in [3.63, 3.8) is 0 Å². The average molecular weight is 179 g/mol. The average Bonchev–Trinajstić information content (AvgIpc) is 2.17. The maximum Gasteiger partial charge on any atom is 0.406 e. The Bertz CT molecular complexity index is 314. The van der Waals surface area contributed by atoms with Gasteiger partial charge in [-0.1, -0.05) is 29.4 Å². The second kappa shape index (κ2) is 3.93. The fraction of sp³-hybridized carbons (Fsp3) is 0. The van der Waals surface area contributed by atoms with Crippen LogP contribution in [0.3, 0.4) is 0 Å². The van der Waals surface area contributed by atoms with E-state index >= 15 is 0 Å². The molecule has 0 saturated carbocycles. The zero-order valence-corrected chi connectivity index (χ0v) is 7.41. The van der Waals surface area contributed by atoms with E-state index in [0.29, 0.717) is 5.56 Å². The van der Waals surface area contributed by atoms with Gasteiger partial charge in [0.25, 0.3) is 0 Å². The molecule has 1 rings (SSSR count). The van der Waals surface area contributed by atoms with E-state index in [4.69, 9.17) is 0 Å². The van der Waals surface area contributed by atoms with Crippen LogP contribution in [0.1, 0.15) is 15.9 Å². The van der Waals surface area contributed by atoms with Crippen LogP contribution in [0.15, 0.2) is 30.8 Å². The SMILES string of the molecule is C=Cc1ccc(C(=O)[PH+]=O)cc1. The highest BCUT2D eigenvalue weighted by molar-refractivity contribution is 7.47. The lowest BCUT2D eigenvalue weighted by atomic mass is 10.1. The first-order valence-electron chi connectivity index (χ1n) is 3.43. The molecule has 60 valence electrons. The molecule has 0 fully saturated rings. The van der Waals surface area contributed by atoms with E-state index < -0.39 is 8.46 Å². The summed E-state index contributed by atoms with van der Waals surface area (Å²) in [7, 11) is -0.908. The molecule has 2 nitrogen and oxygen atoms in total. The fourth-order valence-electron chi connectivity index (χ4n) is 0.830. The lowest BCUT2D eigenvalue weighted by Gasteiger charge is -1.91. The Hall–Kier alpha value is -1.27. The molecular formula is C9H8O2P+. The molecular weight excluding hydrogens is 171 g/mol. The summed E-state index contributed by atoms with van der Waals surface area (Å²) in [5, 5.41) is 0. The Morgan fingerprint density at radius 2 is 1.92 bits per heavy atom. The van der Waals surface area contributed by atoms with Crippen LogP contribution >= 0.6 is 8.46 Å². The van der Waals surface area contributed by atoms with E-state index in [0.717, 1.165) is 5.56 Å². The van der Waals surface area contributed by atoms with Gasteiger partial charge >= 0.3 is 14.0 Å². The maximum atomic E-state index is 10.9. The molecule has 0 saturated heterocycles. The second-order valence-corrected chi connectivity index (χ2v) is 2.92. The van der Waals surface area contributed by atoms with Crippen molar-refractivity contribution in [3.8, 4) is 0 Å². The van der Waals surface area contributed by atoms with Gasteiger partial charge in [-0.15, -0.1) is 0 Å². The molecule has 0 aliphatic heterocycles. The van der Waals surface area contributed by atoms with E-state index in [9.17, 15) is 9.36 Å². The fourth-order valence-corrected chi connectivity index (χ4v) is 1.11. The van der Waals surface area contributed by atoms with E-state index in [1.165, 1.54) is 0 Å². The van der Waals surface area contributed by atoms with Crippen LogP contribution in [-0.4, -0.2) is 5.52 Å². The van der Waals surface area contributed by atoms with Crippen LogP contribution < -0.4 is 0 Å². The van der Waals surface area contributed by atoms with E-state index in [-0.39, 0.29) is 5.52 Å². The minimum Gasteiger partial charge on any atom is -0.234 e. The molecule has 0 aliphatic carbocycles. The van der Waals surface area contributed by atoms with Crippen LogP contribution in [0.2, 0.25) is 0 Å². The number of carbonyl (C=O) groups is 1. The number of benzene rings is 1. The predicted molar refractivity (Wildman–Crippen MR) is 49.9 cm³/mol. The van der Waals surface area contributed by atoms with Crippen molar-refractivity contribution in [2.45, 2.75) is 0 Å². The molecule has 0 radical (unpaired) electrons. The summed E-state index contributed by atoms with van der Waals surface area (Å²) in [5.41, 5.74) is 1.08. The summed E-state index contributed by atoms with van der Waals surface area (Å²) >= 11 is 0. The number of hydrogen-bond acceptors (Lipinski definition) is 2. The largest absolute Gasteiger partial charge is 0.406 e. The Kier molecular flexibility index (Phi) is 2.89. The number of carbonyl (C=O) groups excluding carboxylic acids is 1. The lowest BCUT2D eigenvalue weighted by molar-refractivity contribution is 0.108. The van der Waals surface area contributed by atoms with Crippen molar-refractivity contribution in [1.82, 2.24) is 0 Å². The van der Waals surface area contributed by atoms with E-state index in [2.05, 4.69) is 6.58 Å². The van der Waals surface area contributed by atoms with Gasteiger partial charge in [-0.2, -0.15) is 0 Å². The van der Waals surface area contributed by atoms with Crippen molar-refractivity contribution in [3.05, 3.63) is 42.0 Å². The first kappa shape index (κ1) is 8.82. The highest BCUT2D eigenvalue weighted by Crippen LogP contribution is 2.11. The van der Waals surface area contributed by atoms with E-state index in [1.807, 2.05) is 0 Å². The van der Waals surface area contributed by atoms with Gasteiger partial charge in [0.05, 0.1) is 5.56 Å². The lowest BCUT2D eigenvalue weighted by Crippen LogP contribution is -1.87. The van der Waals surface area contributed by atoms with Gasteiger partial charge in [0.1, 0.15) is 0 Å². The summed E-state index contributed by atoms with van der Waals surface area (Å²) < 4.78 is 10.2. The topological polar surface area (TPSA) is 34.1 Å². The first-order valence-corrected chi connectivity index (χ1v) is 4.33. The van der Waals surface area contributed by atoms with Gasteiger partial charge < -0.3 is 0 Å². The monoisotopic (exact) mass is 179 g/mol. The molecule has 0 spiro atoms. The Labute approximate surface area is 72.1 Å². The zero-order chi connectivity index (χ0) is 8.97. The number of hydrogen-bond donors (Lipinski definition) is 0. The summed E-state index contributed by atoms with van der Waals surface area (Å²) in [6, 6.07) is 6.81. The van der Waals surface area contributed by atoms with Crippen molar-refractivity contribution < 1.29 is 9.36 Å². The molecule has 0 aromatic heterocycles. The van der Waals surface area contributed by atoms with Gasteiger partial charge in [-0.25, -0.2) is 4.79 Å². The molecule has 1 aromatic rings. The van der Waals surface area contributed by atoms with Gasteiger partial charge in [0.15, 0.2) is 0 Å². The Balaban J connectivity index is 2.99. The molecule has 0 bridgehead atoms. The van der Waals surface area contributed by atoms with Crippen molar-refractivity contribution in [1.29, 1.82) is 0 Å². The van der Waals surface area contributed by atoms with E-state index in [1.54, 1.807) is 30.3 Å². The zero-order valence-electron chi connectivity index (χ0n) is 6.41. The van der Waals surface area contributed by atoms with Crippen molar-refractivity contribution in [2.75, 3.05) is 0 Å². The first-order chi connectivity index (χ1) is 5.77. The summed E-state index contributed by atoms with van der Waals surface area (Å²) in [4.78, 5) is 10.9. The molecule has 0 aliphatic rings. The van der Waals surface area contributed by atoms with Gasteiger partial charge in [0, 0.05) is 0 Å². The predicted octanol–water partition coefficient (Wildman–Crippen LogP) is 2.49. The summed E-state index contributed by atoms with van der Waals surface area (Å²) in [5.74, 6) is 0. The second-order valence-electron chi connectivity index (χ2n) is 2.26. The van der Waals surface area contributed by atoms with Crippen LogP contribution in [0.25, 0.3) is 6.08 Å². The molecule has 1 unspecified atom stereocenters. The molecule has 1 atom stereocenters. The summed E-state index contributed by atoms with van der Waals surface area (Å²) in [6.45, 7) is 3.58. The highest BCUT2D eigenvalue weighted by atomic mass is 31.1. The maximum absolute atomic E-state index is 10.9. The van der Waals surface area contributed by atoms with Gasteiger partial charge in [0.2, 0.25) is 0 Å². The van der Waals surface area contributed by atoms with Crippen LogP contribution in [0, 0.1) is 0 Å². The Morgan fingerprint density at radius 1 is 1.33 bits per heavy atom. The van der Waals surface area contributed by atoms with Crippen LogP contribution in [0.4, 0.5) is 0 Å². The third kappa shape index (κ3) is 1.86. The van der Waals surface area contributed by atoms with Crippen LogP contribution in [0.5, 0.6) is 0 Å². The molecule has 3 heteroatoms. The Morgan fingerprint density at radius 3 is 2.33 bits per heavy atom. The van der Waals surface area contributed by atoms with Crippen molar-refractivity contribution in [2.24, 2.45) is 0 Å². The highest BCUT2D eigenvalue weighted by Gasteiger charge is 2.11.